The Morgan fingerprint density at radius 3 is 2.42 bits per heavy atom. The summed E-state index contributed by atoms with van der Waals surface area (Å²) >= 11 is 0. The summed E-state index contributed by atoms with van der Waals surface area (Å²) in [6.45, 7) is 2.15. The normalized spacial score (nSPS) is 14.3. The summed E-state index contributed by atoms with van der Waals surface area (Å²) in [5.41, 5.74) is 1.04. The molecule has 1 aliphatic heterocycles. The molecule has 0 radical (unpaired) electrons. The van der Waals surface area contributed by atoms with E-state index in [0.29, 0.717) is 35.0 Å². The van der Waals surface area contributed by atoms with Crippen LogP contribution in [0, 0.1) is 10.1 Å². The largest absolute Gasteiger partial charge is 0.497 e. The third kappa shape index (κ3) is 5.62. The van der Waals surface area contributed by atoms with E-state index >= 15 is 0 Å². The summed E-state index contributed by atoms with van der Waals surface area (Å²) in [5, 5.41) is 13.2. The number of barbiturate groups is 1. The molecule has 38 heavy (non-hydrogen) atoms. The van der Waals surface area contributed by atoms with E-state index in [1.807, 2.05) is 0 Å². The molecule has 0 aromatic heterocycles. The number of hydrogen-bond donors (Lipinski definition) is 1. The molecule has 1 N–H and O–H groups in total. The van der Waals surface area contributed by atoms with Gasteiger partial charge in [0.1, 0.15) is 17.9 Å². The van der Waals surface area contributed by atoms with E-state index in [2.05, 4.69) is 5.32 Å². The van der Waals surface area contributed by atoms with Crippen molar-refractivity contribution in [1.29, 1.82) is 0 Å². The third-order valence-electron chi connectivity index (χ3n) is 5.53. The number of carbonyl (C=O) groups is 3. The lowest BCUT2D eigenvalue weighted by Crippen LogP contribution is -2.54. The summed E-state index contributed by atoms with van der Waals surface area (Å²) in [5.74, 6) is -0.350. The number of nitro groups is 1. The summed E-state index contributed by atoms with van der Waals surface area (Å²) in [6.07, 6.45) is 1.35. The molecule has 1 saturated heterocycles. The minimum atomic E-state index is -0.859. The van der Waals surface area contributed by atoms with E-state index in [0.717, 1.165) is 4.90 Å². The summed E-state index contributed by atoms with van der Waals surface area (Å²) in [4.78, 5) is 49.5. The fourth-order valence-electron chi connectivity index (χ4n) is 3.71. The third-order valence-corrected chi connectivity index (χ3v) is 5.53. The van der Waals surface area contributed by atoms with Gasteiger partial charge in [-0.2, -0.15) is 0 Å². The number of anilines is 1. The van der Waals surface area contributed by atoms with Crippen molar-refractivity contribution in [3.8, 4) is 17.2 Å². The van der Waals surface area contributed by atoms with Crippen molar-refractivity contribution in [1.82, 2.24) is 5.32 Å². The van der Waals surface area contributed by atoms with Gasteiger partial charge in [-0.3, -0.25) is 25.0 Å². The van der Waals surface area contributed by atoms with Crippen LogP contribution < -0.4 is 24.4 Å². The average molecular weight is 517 g/mol. The Labute approximate surface area is 217 Å². The standard InChI is InChI=1S/C27H23N3O8/c1-3-37-24-15-17(7-12-23(24)38-16-18-5-4-6-20(13-18)30(34)35)14-22-25(31)28-27(33)29(26(22)32)19-8-10-21(36-2)11-9-19/h4-15H,3,16H2,1-2H3,(H,28,31,33)/b22-14+. The van der Waals surface area contributed by atoms with E-state index in [9.17, 15) is 24.5 Å². The van der Waals surface area contributed by atoms with Crippen LogP contribution in [0.4, 0.5) is 16.2 Å². The van der Waals surface area contributed by atoms with Gasteiger partial charge in [0.05, 0.1) is 24.3 Å². The fourth-order valence-corrected chi connectivity index (χ4v) is 3.71. The summed E-state index contributed by atoms with van der Waals surface area (Å²) in [7, 11) is 1.49. The number of nitro benzene ring substituents is 1. The molecular formula is C27H23N3O8. The molecular weight excluding hydrogens is 494 g/mol. The van der Waals surface area contributed by atoms with Gasteiger partial charge in [0.2, 0.25) is 0 Å². The number of rotatable bonds is 9. The van der Waals surface area contributed by atoms with Crippen molar-refractivity contribution in [2.75, 3.05) is 18.6 Å². The Morgan fingerprint density at radius 2 is 1.74 bits per heavy atom. The van der Waals surface area contributed by atoms with E-state index in [4.69, 9.17) is 14.2 Å². The second-order valence-corrected chi connectivity index (χ2v) is 8.01. The molecule has 4 rings (SSSR count). The van der Waals surface area contributed by atoms with Crippen LogP contribution in [0.3, 0.4) is 0 Å². The molecule has 0 aliphatic carbocycles. The molecule has 1 fully saturated rings. The van der Waals surface area contributed by atoms with Gasteiger partial charge in [-0.1, -0.05) is 18.2 Å². The highest BCUT2D eigenvalue weighted by atomic mass is 16.6. The van der Waals surface area contributed by atoms with Crippen molar-refractivity contribution in [3.05, 3.63) is 93.5 Å². The van der Waals surface area contributed by atoms with E-state index in [1.165, 1.54) is 37.5 Å². The Bertz CT molecular complexity index is 1430. The molecule has 0 saturated carbocycles. The number of methoxy groups -OCH3 is 1. The van der Waals surface area contributed by atoms with Gasteiger partial charge in [-0.25, -0.2) is 9.69 Å². The van der Waals surface area contributed by atoms with Gasteiger partial charge in [-0.15, -0.1) is 0 Å². The van der Waals surface area contributed by atoms with Gasteiger partial charge in [0, 0.05) is 12.1 Å². The molecule has 1 aliphatic rings. The molecule has 11 nitrogen and oxygen atoms in total. The zero-order chi connectivity index (χ0) is 27.2. The van der Waals surface area contributed by atoms with Crippen molar-refractivity contribution >= 4 is 35.3 Å². The van der Waals surface area contributed by atoms with Gasteiger partial charge >= 0.3 is 6.03 Å². The van der Waals surface area contributed by atoms with Crippen LogP contribution in [-0.2, 0) is 16.2 Å². The van der Waals surface area contributed by atoms with Crippen LogP contribution in [0.5, 0.6) is 17.2 Å². The molecule has 3 aromatic rings. The zero-order valence-electron chi connectivity index (χ0n) is 20.5. The van der Waals surface area contributed by atoms with E-state index < -0.39 is 22.8 Å². The molecule has 0 bridgehead atoms. The van der Waals surface area contributed by atoms with Gasteiger partial charge in [0.15, 0.2) is 11.5 Å². The number of urea groups is 1. The maximum atomic E-state index is 13.2. The Morgan fingerprint density at radius 1 is 0.974 bits per heavy atom. The van der Waals surface area contributed by atoms with Crippen molar-refractivity contribution in [2.24, 2.45) is 0 Å². The van der Waals surface area contributed by atoms with Crippen molar-refractivity contribution < 1.29 is 33.5 Å². The topological polar surface area (TPSA) is 137 Å². The highest BCUT2D eigenvalue weighted by Crippen LogP contribution is 2.31. The number of imide groups is 2. The van der Waals surface area contributed by atoms with E-state index in [1.54, 1.807) is 49.4 Å². The Hall–Kier alpha value is -5.19. The predicted octanol–water partition coefficient (Wildman–Crippen LogP) is 4.25. The smallest absolute Gasteiger partial charge is 0.335 e. The number of nitrogens with one attached hydrogen (secondary N) is 1. The van der Waals surface area contributed by atoms with Crippen LogP contribution in [0.1, 0.15) is 18.1 Å². The average Bonchev–Trinajstić information content (AvgIpc) is 2.91. The lowest BCUT2D eigenvalue weighted by Gasteiger charge is -2.26. The van der Waals surface area contributed by atoms with Crippen LogP contribution in [0.15, 0.2) is 72.3 Å². The van der Waals surface area contributed by atoms with Crippen LogP contribution >= 0.6 is 0 Å². The second-order valence-electron chi connectivity index (χ2n) is 8.01. The lowest BCUT2D eigenvalue weighted by molar-refractivity contribution is -0.384. The predicted molar refractivity (Wildman–Crippen MR) is 137 cm³/mol. The zero-order valence-corrected chi connectivity index (χ0v) is 20.5. The number of nitrogens with zero attached hydrogens (tertiary/aromatic N) is 2. The minimum absolute atomic E-state index is 0.0457. The first-order valence-electron chi connectivity index (χ1n) is 11.5. The van der Waals surface area contributed by atoms with Gasteiger partial charge in [-0.05, 0) is 60.5 Å². The maximum absolute atomic E-state index is 13.2. The van der Waals surface area contributed by atoms with Crippen LogP contribution in [-0.4, -0.2) is 36.5 Å². The summed E-state index contributed by atoms with van der Waals surface area (Å²) in [6, 6.07) is 16.3. The highest BCUT2D eigenvalue weighted by molar-refractivity contribution is 6.39. The molecule has 0 unspecified atom stereocenters. The molecule has 194 valence electrons. The number of ether oxygens (including phenoxy) is 3. The lowest BCUT2D eigenvalue weighted by atomic mass is 10.1. The SMILES string of the molecule is CCOc1cc(/C=C2\C(=O)NC(=O)N(c3ccc(OC)cc3)C2=O)ccc1OCc1cccc([N+](=O)[O-])c1. The first kappa shape index (κ1) is 25.9. The molecule has 3 aromatic carbocycles. The van der Waals surface area contributed by atoms with Gasteiger partial charge < -0.3 is 14.2 Å². The van der Waals surface area contributed by atoms with E-state index in [-0.39, 0.29) is 23.6 Å². The molecule has 4 amide bonds. The van der Waals surface area contributed by atoms with Crippen LogP contribution in [0.2, 0.25) is 0 Å². The Kier molecular flexibility index (Phi) is 7.66. The highest BCUT2D eigenvalue weighted by Gasteiger charge is 2.36. The number of non-ortho nitro benzene ring substituents is 1. The van der Waals surface area contributed by atoms with Crippen molar-refractivity contribution in [3.63, 3.8) is 0 Å². The molecule has 1 heterocycles. The number of carbonyl (C=O) groups excluding carboxylic acids is 3. The molecule has 0 spiro atoms. The van der Waals surface area contributed by atoms with Crippen LogP contribution in [0.25, 0.3) is 6.08 Å². The minimum Gasteiger partial charge on any atom is -0.497 e. The maximum Gasteiger partial charge on any atom is 0.335 e. The molecule has 11 heteroatoms. The number of hydrogen-bond acceptors (Lipinski definition) is 8. The van der Waals surface area contributed by atoms with Gasteiger partial charge in [0.25, 0.3) is 17.5 Å². The Balaban J connectivity index is 1.59. The number of benzene rings is 3. The fraction of sp³-hybridized carbons (Fsp3) is 0.148. The molecule has 0 atom stereocenters. The first-order chi connectivity index (χ1) is 18.3. The number of amides is 4. The summed E-state index contributed by atoms with van der Waals surface area (Å²) < 4.78 is 16.6. The first-order valence-corrected chi connectivity index (χ1v) is 11.5. The van der Waals surface area contributed by atoms with Crippen molar-refractivity contribution in [2.45, 2.75) is 13.5 Å². The quantitative estimate of drug-likeness (QED) is 0.192. The second kappa shape index (κ2) is 11.2. The monoisotopic (exact) mass is 517 g/mol.